The fraction of sp³-hybridized carbons (Fsp3) is 0.0625. The summed E-state index contributed by atoms with van der Waals surface area (Å²) in [6.07, 6.45) is 3.63. The summed E-state index contributed by atoms with van der Waals surface area (Å²) >= 11 is 0. The molecular weight excluding hydrogens is 239 g/mol. The van der Waals surface area contributed by atoms with Crippen LogP contribution in [-0.4, -0.2) is 4.98 Å². The highest BCUT2D eigenvalue weighted by molar-refractivity contribution is 5.93. The molecule has 94 valence electrons. The Morgan fingerprint density at radius 1 is 1.00 bits per heavy atom. The zero-order chi connectivity index (χ0) is 13.1. The topological polar surface area (TPSA) is 24.9 Å². The van der Waals surface area contributed by atoms with E-state index in [1.807, 2.05) is 30.5 Å². The number of pyridine rings is 1. The lowest BCUT2D eigenvalue weighted by molar-refractivity contribution is 0.627. The minimum absolute atomic E-state index is 0.208. The summed E-state index contributed by atoms with van der Waals surface area (Å²) in [6, 6.07) is 14.6. The molecule has 0 unspecified atom stereocenters. The number of nitrogens with one attached hydrogen (secondary N) is 1. The Morgan fingerprint density at radius 2 is 1.84 bits per heavy atom. The Labute approximate surface area is 110 Å². The van der Waals surface area contributed by atoms with E-state index in [0.29, 0.717) is 6.54 Å². The summed E-state index contributed by atoms with van der Waals surface area (Å²) in [4.78, 5) is 4.11. The molecule has 1 aromatic heterocycles. The Kier molecular flexibility index (Phi) is 3.11. The normalized spacial score (nSPS) is 10.6. The van der Waals surface area contributed by atoms with Crippen molar-refractivity contribution in [3.05, 3.63) is 72.3 Å². The summed E-state index contributed by atoms with van der Waals surface area (Å²) in [5.74, 6) is -0.208. The van der Waals surface area contributed by atoms with Gasteiger partial charge >= 0.3 is 0 Å². The van der Waals surface area contributed by atoms with Gasteiger partial charge in [0.05, 0.1) is 0 Å². The van der Waals surface area contributed by atoms with E-state index in [2.05, 4.69) is 10.3 Å². The van der Waals surface area contributed by atoms with Gasteiger partial charge in [-0.2, -0.15) is 0 Å². The van der Waals surface area contributed by atoms with Gasteiger partial charge in [-0.15, -0.1) is 0 Å². The van der Waals surface area contributed by atoms with E-state index in [1.165, 1.54) is 12.1 Å². The van der Waals surface area contributed by atoms with Gasteiger partial charge in [-0.05, 0) is 29.8 Å². The van der Waals surface area contributed by atoms with E-state index < -0.39 is 0 Å². The third kappa shape index (κ3) is 2.55. The van der Waals surface area contributed by atoms with Crippen molar-refractivity contribution in [2.75, 3.05) is 5.32 Å². The number of rotatable bonds is 3. The SMILES string of the molecule is Fc1ccc(CNc2cccc3cnccc23)cc1. The maximum atomic E-state index is 12.8. The molecule has 0 aliphatic heterocycles. The third-order valence-corrected chi connectivity index (χ3v) is 3.08. The number of benzene rings is 2. The number of nitrogens with zero attached hydrogens (tertiary/aromatic N) is 1. The molecule has 3 rings (SSSR count). The van der Waals surface area contributed by atoms with E-state index >= 15 is 0 Å². The number of hydrogen-bond acceptors (Lipinski definition) is 2. The molecule has 0 spiro atoms. The molecule has 19 heavy (non-hydrogen) atoms. The van der Waals surface area contributed by atoms with Crippen molar-refractivity contribution >= 4 is 16.5 Å². The van der Waals surface area contributed by atoms with Crippen LogP contribution in [0.3, 0.4) is 0 Å². The van der Waals surface area contributed by atoms with Crippen LogP contribution in [0.4, 0.5) is 10.1 Å². The molecule has 0 saturated carbocycles. The maximum Gasteiger partial charge on any atom is 0.123 e. The Balaban J connectivity index is 1.84. The monoisotopic (exact) mass is 252 g/mol. The van der Waals surface area contributed by atoms with Gasteiger partial charge in [0.25, 0.3) is 0 Å². The smallest absolute Gasteiger partial charge is 0.123 e. The summed E-state index contributed by atoms with van der Waals surface area (Å²) in [6.45, 7) is 0.668. The number of fused-ring (bicyclic) bond motifs is 1. The fourth-order valence-electron chi connectivity index (χ4n) is 2.08. The van der Waals surface area contributed by atoms with E-state index in [4.69, 9.17) is 0 Å². The van der Waals surface area contributed by atoms with Gasteiger partial charge in [0.1, 0.15) is 5.82 Å². The first kappa shape index (κ1) is 11.7. The van der Waals surface area contributed by atoms with E-state index in [-0.39, 0.29) is 5.82 Å². The molecule has 0 amide bonds. The molecule has 0 aliphatic rings. The molecule has 0 radical (unpaired) electrons. The van der Waals surface area contributed by atoms with Crippen LogP contribution in [0.1, 0.15) is 5.56 Å². The van der Waals surface area contributed by atoms with E-state index in [1.54, 1.807) is 18.3 Å². The highest BCUT2D eigenvalue weighted by Crippen LogP contribution is 2.22. The van der Waals surface area contributed by atoms with Crippen LogP contribution >= 0.6 is 0 Å². The maximum absolute atomic E-state index is 12.8. The van der Waals surface area contributed by atoms with Gasteiger partial charge in [-0.25, -0.2) is 4.39 Å². The fourth-order valence-corrected chi connectivity index (χ4v) is 2.08. The van der Waals surface area contributed by atoms with Crippen molar-refractivity contribution in [2.45, 2.75) is 6.54 Å². The average Bonchev–Trinajstić information content (AvgIpc) is 2.47. The van der Waals surface area contributed by atoms with Gasteiger partial charge in [0.15, 0.2) is 0 Å². The molecular formula is C16H13FN2. The van der Waals surface area contributed by atoms with E-state index in [9.17, 15) is 4.39 Å². The highest BCUT2D eigenvalue weighted by atomic mass is 19.1. The number of anilines is 1. The zero-order valence-corrected chi connectivity index (χ0v) is 10.3. The van der Waals surface area contributed by atoms with Gasteiger partial charge in [0.2, 0.25) is 0 Å². The standard InChI is InChI=1S/C16H13FN2/c17-14-6-4-12(5-7-14)10-19-16-3-1-2-13-11-18-9-8-15(13)16/h1-9,11,19H,10H2. The molecule has 2 nitrogen and oxygen atoms in total. The minimum atomic E-state index is -0.208. The molecule has 1 N–H and O–H groups in total. The average molecular weight is 252 g/mol. The van der Waals surface area contributed by atoms with Crippen LogP contribution in [0.5, 0.6) is 0 Å². The second-order valence-corrected chi connectivity index (χ2v) is 4.38. The second kappa shape index (κ2) is 5.06. The highest BCUT2D eigenvalue weighted by Gasteiger charge is 2.00. The Morgan fingerprint density at radius 3 is 2.68 bits per heavy atom. The molecule has 0 saturated heterocycles. The number of aromatic nitrogens is 1. The van der Waals surface area contributed by atoms with Gasteiger partial charge in [-0.3, -0.25) is 4.98 Å². The molecule has 0 atom stereocenters. The number of halogens is 1. The van der Waals surface area contributed by atoms with Crippen LogP contribution in [0.25, 0.3) is 10.8 Å². The van der Waals surface area contributed by atoms with Crippen molar-refractivity contribution in [1.29, 1.82) is 0 Å². The molecule has 0 fully saturated rings. The molecule has 3 aromatic rings. The van der Waals surface area contributed by atoms with Gasteiger partial charge in [0, 0.05) is 35.4 Å². The first-order chi connectivity index (χ1) is 9.33. The van der Waals surface area contributed by atoms with E-state index in [0.717, 1.165) is 22.0 Å². The molecule has 3 heteroatoms. The van der Waals surface area contributed by atoms with Gasteiger partial charge < -0.3 is 5.32 Å². The lowest BCUT2D eigenvalue weighted by atomic mass is 10.1. The van der Waals surface area contributed by atoms with Crippen molar-refractivity contribution in [1.82, 2.24) is 4.98 Å². The Bertz CT molecular complexity index is 687. The quantitative estimate of drug-likeness (QED) is 0.762. The molecule has 2 aromatic carbocycles. The summed E-state index contributed by atoms with van der Waals surface area (Å²) in [7, 11) is 0. The summed E-state index contributed by atoms with van der Waals surface area (Å²) < 4.78 is 12.8. The van der Waals surface area contributed by atoms with Crippen molar-refractivity contribution in [3.8, 4) is 0 Å². The van der Waals surface area contributed by atoms with Crippen molar-refractivity contribution < 1.29 is 4.39 Å². The lowest BCUT2D eigenvalue weighted by Gasteiger charge is -2.09. The summed E-state index contributed by atoms with van der Waals surface area (Å²) in [5.41, 5.74) is 2.11. The zero-order valence-electron chi connectivity index (χ0n) is 10.3. The Hall–Kier alpha value is -2.42. The number of hydrogen-bond donors (Lipinski definition) is 1. The van der Waals surface area contributed by atoms with Crippen molar-refractivity contribution in [2.24, 2.45) is 0 Å². The van der Waals surface area contributed by atoms with Crippen LogP contribution in [0.15, 0.2) is 60.9 Å². The van der Waals surface area contributed by atoms with Gasteiger partial charge in [-0.1, -0.05) is 24.3 Å². The van der Waals surface area contributed by atoms with Crippen molar-refractivity contribution in [3.63, 3.8) is 0 Å². The first-order valence-corrected chi connectivity index (χ1v) is 6.14. The first-order valence-electron chi connectivity index (χ1n) is 6.14. The van der Waals surface area contributed by atoms with Crippen LogP contribution in [0.2, 0.25) is 0 Å². The molecule has 0 bridgehead atoms. The lowest BCUT2D eigenvalue weighted by Crippen LogP contribution is -1.99. The third-order valence-electron chi connectivity index (χ3n) is 3.08. The van der Waals surface area contributed by atoms with Crippen LogP contribution in [-0.2, 0) is 6.54 Å². The predicted octanol–water partition coefficient (Wildman–Crippen LogP) is 3.99. The summed E-state index contributed by atoms with van der Waals surface area (Å²) in [5, 5.41) is 5.62. The molecule has 1 heterocycles. The predicted molar refractivity (Wildman–Crippen MR) is 75.5 cm³/mol. The molecule has 0 aliphatic carbocycles. The second-order valence-electron chi connectivity index (χ2n) is 4.38. The minimum Gasteiger partial charge on any atom is -0.380 e. The van der Waals surface area contributed by atoms with Crippen LogP contribution < -0.4 is 5.32 Å². The van der Waals surface area contributed by atoms with Crippen LogP contribution in [0, 0.1) is 5.82 Å². The largest absolute Gasteiger partial charge is 0.380 e.